The highest BCUT2D eigenvalue weighted by Gasteiger charge is 2.24. The maximum atomic E-state index is 12.5. The topological polar surface area (TPSA) is 46.4 Å². The number of thioether (sulfide) groups is 1. The largest absolute Gasteiger partial charge is 0.317 e. The number of benzene rings is 3. The van der Waals surface area contributed by atoms with E-state index in [2.05, 4.69) is 45.2 Å². The van der Waals surface area contributed by atoms with Crippen LogP contribution >= 0.6 is 23.4 Å². The van der Waals surface area contributed by atoms with Crippen molar-refractivity contribution in [1.29, 1.82) is 0 Å². The van der Waals surface area contributed by atoms with Crippen LogP contribution in [-0.2, 0) is 4.79 Å². The summed E-state index contributed by atoms with van der Waals surface area (Å²) >= 11 is 7.24. The Labute approximate surface area is 182 Å². The van der Waals surface area contributed by atoms with Gasteiger partial charge in [0.2, 0.25) is 0 Å². The van der Waals surface area contributed by atoms with E-state index in [0.29, 0.717) is 15.1 Å². The maximum Gasteiger partial charge on any atom is 0.264 e. The summed E-state index contributed by atoms with van der Waals surface area (Å²) in [5.74, 6) is -0.154. The summed E-state index contributed by atoms with van der Waals surface area (Å²) in [6.45, 7) is 0. The third kappa shape index (κ3) is 3.77. The minimum absolute atomic E-state index is 0.154. The summed E-state index contributed by atoms with van der Waals surface area (Å²) in [5.41, 5.74) is 2.71. The number of rotatable bonds is 3. The highest BCUT2D eigenvalue weighted by Crippen LogP contribution is 2.29. The fraction of sp³-hybridized carbons (Fsp3) is 0. The van der Waals surface area contributed by atoms with Gasteiger partial charge in [-0.25, -0.2) is 4.99 Å². The third-order valence-corrected chi connectivity index (χ3v) is 5.94. The normalized spacial score (nSPS) is 16.5. The van der Waals surface area contributed by atoms with Crippen molar-refractivity contribution in [3.05, 3.63) is 101 Å². The Bertz CT molecular complexity index is 1320. The summed E-state index contributed by atoms with van der Waals surface area (Å²) < 4.78 is 2.07. The van der Waals surface area contributed by atoms with Gasteiger partial charge in [-0.05, 0) is 77.1 Å². The van der Waals surface area contributed by atoms with Crippen LogP contribution in [0.15, 0.2) is 95.0 Å². The molecule has 1 fully saturated rings. The first-order valence-corrected chi connectivity index (χ1v) is 10.6. The van der Waals surface area contributed by atoms with Crippen molar-refractivity contribution in [1.82, 2.24) is 9.88 Å². The van der Waals surface area contributed by atoms with E-state index in [1.165, 1.54) is 22.5 Å². The Morgan fingerprint density at radius 3 is 2.57 bits per heavy atom. The van der Waals surface area contributed by atoms with E-state index in [4.69, 9.17) is 11.6 Å². The zero-order valence-electron chi connectivity index (χ0n) is 15.7. The number of aliphatic imine (C=N–C) groups is 1. The van der Waals surface area contributed by atoms with Crippen molar-refractivity contribution in [2.24, 2.45) is 4.99 Å². The van der Waals surface area contributed by atoms with Crippen LogP contribution in [0.25, 0.3) is 22.5 Å². The lowest BCUT2D eigenvalue weighted by molar-refractivity contribution is -0.115. The molecule has 2 heterocycles. The van der Waals surface area contributed by atoms with Gasteiger partial charge in [0.15, 0.2) is 5.17 Å². The average Bonchev–Trinajstić information content (AvgIpc) is 3.36. The van der Waals surface area contributed by atoms with Gasteiger partial charge in [0.25, 0.3) is 5.91 Å². The molecule has 1 amide bonds. The maximum absolute atomic E-state index is 12.5. The minimum Gasteiger partial charge on any atom is -0.317 e. The Hall–Kier alpha value is -3.28. The predicted octanol–water partition coefficient (Wildman–Crippen LogP) is 6.18. The Morgan fingerprint density at radius 2 is 1.73 bits per heavy atom. The summed E-state index contributed by atoms with van der Waals surface area (Å²) in [4.78, 5) is 17.6. The van der Waals surface area contributed by atoms with Crippen LogP contribution in [0.5, 0.6) is 0 Å². The molecule has 1 aromatic heterocycles. The lowest BCUT2D eigenvalue weighted by Crippen LogP contribution is -2.19. The number of hydrogen-bond acceptors (Lipinski definition) is 3. The first kappa shape index (κ1) is 18.7. The molecule has 4 nitrogen and oxygen atoms in total. The van der Waals surface area contributed by atoms with E-state index < -0.39 is 0 Å². The molecule has 146 valence electrons. The number of fused-ring (bicyclic) bond motifs is 1. The van der Waals surface area contributed by atoms with Gasteiger partial charge in [-0.3, -0.25) is 4.79 Å². The first-order valence-electron chi connectivity index (χ1n) is 9.37. The molecule has 0 atom stereocenters. The molecule has 0 spiro atoms. The van der Waals surface area contributed by atoms with E-state index >= 15 is 0 Å². The van der Waals surface area contributed by atoms with Gasteiger partial charge in [-0.1, -0.05) is 41.9 Å². The predicted molar refractivity (Wildman–Crippen MR) is 126 cm³/mol. The zero-order chi connectivity index (χ0) is 20.5. The molecule has 6 heteroatoms. The highest BCUT2D eigenvalue weighted by molar-refractivity contribution is 8.18. The molecule has 4 aromatic rings. The molecule has 0 bridgehead atoms. The number of aromatic nitrogens is 1. The molecular formula is C24H16ClN3OS. The van der Waals surface area contributed by atoms with Crippen LogP contribution in [0.2, 0.25) is 5.02 Å². The van der Waals surface area contributed by atoms with Gasteiger partial charge in [0.1, 0.15) is 0 Å². The number of amides is 1. The van der Waals surface area contributed by atoms with Crippen LogP contribution in [0.1, 0.15) is 5.69 Å². The first-order chi connectivity index (χ1) is 14.7. The average molecular weight is 430 g/mol. The van der Waals surface area contributed by atoms with Crippen molar-refractivity contribution in [2.45, 2.75) is 0 Å². The van der Waals surface area contributed by atoms with Crippen molar-refractivity contribution >= 4 is 57.0 Å². The molecule has 30 heavy (non-hydrogen) atoms. The van der Waals surface area contributed by atoms with Crippen LogP contribution in [0.3, 0.4) is 0 Å². The van der Waals surface area contributed by atoms with Gasteiger partial charge in [-0.15, -0.1) is 0 Å². The molecule has 0 unspecified atom stereocenters. The van der Waals surface area contributed by atoms with Crippen molar-refractivity contribution in [3.8, 4) is 5.69 Å². The second-order valence-corrected chi connectivity index (χ2v) is 8.26. The smallest absolute Gasteiger partial charge is 0.264 e. The molecule has 5 rings (SSSR count). The van der Waals surface area contributed by atoms with E-state index in [0.717, 1.165) is 17.1 Å². The minimum atomic E-state index is -0.154. The molecule has 1 saturated heterocycles. The SMILES string of the molecule is O=C1NC(=Nc2ccc(Cl)cc2)S/C1=C\c1cccn1-c1ccc2ccccc2c1. The second-order valence-electron chi connectivity index (χ2n) is 6.79. The van der Waals surface area contributed by atoms with E-state index in [1.807, 2.05) is 48.7 Å². The zero-order valence-corrected chi connectivity index (χ0v) is 17.3. The number of amidine groups is 1. The Kier molecular flexibility index (Phi) is 4.91. The molecule has 1 aliphatic rings. The number of hydrogen-bond donors (Lipinski definition) is 1. The van der Waals surface area contributed by atoms with E-state index in [1.54, 1.807) is 12.1 Å². The number of carbonyl (C=O) groups excluding carboxylic acids is 1. The number of halogens is 1. The molecule has 1 N–H and O–H groups in total. The number of carbonyl (C=O) groups is 1. The Balaban J connectivity index is 1.45. The van der Waals surface area contributed by atoms with Crippen molar-refractivity contribution < 1.29 is 4.79 Å². The van der Waals surface area contributed by atoms with Gasteiger partial charge >= 0.3 is 0 Å². The highest BCUT2D eigenvalue weighted by atomic mass is 35.5. The van der Waals surface area contributed by atoms with E-state index in [9.17, 15) is 4.79 Å². The fourth-order valence-electron chi connectivity index (χ4n) is 3.32. The molecule has 0 saturated carbocycles. The molecule has 0 radical (unpaired) electrons. The van der Waals surface area contributed by atoms with Gasteiger partial charge in [0, 0.05) is 22.6 Å². The van der Waals surface area contributed by atoms with Crippen LogP contribution in [0, 0.1) is 0 Å². The summed E-state index contributed by atoms with van der Waals surface area (Å²) in [5, 5.41) is 6.40. The van der Waals surface area contributed by atoms with Gasteiger partial charge < -0.3 is 9.88 Å². The van der Waals surface area contributed by atoms with Crippen molar-refractivity contribution in [2.75, 3.05) is 0 Å². The third-order valence-electron chi connectivity index (χ3n) is 4.78. The summed E-state index contributed by atoms with van der Waals surface area (Å²) in [6.07, 6.45) is 3.89. The Morgan fingerprint density at radius 1 is 0.933 bits per heavy atom. The standard InChI is InChI=1S/C24H16ClN3OS/c25-18-8-10-19(11-9-18)26-24-27-23(29)22(30-24)15-20-6-3-13-28(20)21-12-7-16-4-1-2-5-17(16)14-21/h1-15H,(H,26,27,29)/b22-15-. The quantitative estimate of drug-likeness (QED) is 0.395. The molecule has 3 aromatic carbocycles. The van der Waals surface area contributed by atoms with Crippen molar-refractivity contribution in [3.63, 3.8) is 0 Å². The lowest BCUT2D eigenvalue weighted by atomic mass is 10.1. The number of nitrogens with zero attached hydrogens (tertiary/aromatic N) is 2. The van der Waals surface area contributed by atoms with E-state index in [-0.39, 0.29) is 5.91 Å². The fourth-order valence-corrected chi connectivity index (χ4v) is 4.27. The monoisotopic (exact) mass is 429 g/mol. The lowest BCUT2D eigenvalue weighted by Gasteiger charge is -2.08. The van der Waals surface area contributed by atoms with Crippen LogP contribution in [-0.4, -0.2) is 15.6 Å². The van der Waals surface area contributed by atoms with Crippen LogP contribution in [0.4, 0.5) is 5.69 Å². The van der Waals surface area contributed by atoms with Gasteiger partial charge in [-0.2, -0.15) is 0 Å². The molecule has 0 aliphatic carbocycles. The summed E-state index contributed by atoms with van der Waals surface area (Å²) in [7, 11) is 0. The number of nitrogens with one attached hydrogen (secondary N) is 1. The second kappa shape index (κ2) is 7.86. The van der Waals surface area contributed by atoms with Crippen LogP contribution < -0.4 is 5.32 Å². The molecule has 1 aliphatic heterocycles. The summed E-state index contributed by atoms with van der Waals surface area (Å²) in [6, 6.07) is 25.7. The van der Waals surface area contributed by atoms with Gasteiger partial charge in [0.05, 0.1) is 10.6 Å². The molecular weight excluding hydrogens is 414 g/mol.